The molecular formula is C16H29N5O3S. The zero-order chi connectivity index (χ0) is 17.8. The second-order valence-corrected chi connectivity index (χ2v) is 8.93. The molecule has 2 fully saturated rings. The average molecular weight is 372 g/mol. The molecule has 0 radical (unpaired) electrons. The van der Waals surface area contributed by atoms with Crippen molar-refractivity contribution in [3.63, 3.8) is 0 Å². The molecular weight excluding hydrogens is 342 g/mol. The van der Waals surface area contributed by atoms with Crippen LogP contribution in [0, 0.1) is 0 Å². The van der Waals surface area contributed by atoms with E-state index < -0.39 is 15.8 Å². The van der Waals surface area contributed by atoms with Crippen molar-refractivity contribution in [2.45, 2.75) is 50.7 Å². The number of piperidine rings is 1. The second kappa shape index (κ2) is 8.13. The second-order valence-electron chi connectivity index (χ2n) is 7.18. The number of aliphatic hydroxyl groups is 1. The van der Waals surface area contributed by atoms with E-state index in [1.165, 1.54) is 4.31 Å². The van der Waals surface area contributed by atoms with E-state index >= 15 is 0 Å². The van der Waals surface area contributed by atoms with Gasteiger partial charge in [-0.25, -0.2) is 4.98 Å². The first-order chi connectivity index (χ1) is 12.0. The fourth-order valence-corrected chi connectivity index (χ4v) is 4.96. The molecule has 0 amide bonds. The summed E-state index contributed by atoms with van der Waals surface area (Å²) in [5.41, 5.74) is -0.985. The lowest BCUT2D eigenvalue weighted by Gasteiger charge is -2.30. The summed E-state index contributed by atoms with van der Waals surface area (Å²) < 4.78 is 29.0. The van der Waals surface area contributed by atoms with Crippen LogP contribution in [0.4, 0.5) is 0 Å². The van der Waals surface area contributed by atoms with Crippen LogP contribution < -0.4 is 4.72 Å². The number of H-pyrrole nitrogens is 1. The Morgan fingerprint density at radius 2 is 1.96 bits per heavy atom. The number of aromatic amines is 1. The Morgan fingerprint density at radius 1 is 1.16 bits per heavy atom. The van der Waals surface area contributed by atoms with Crippen LogP contribution in [0.2, 0.25) is 0 Å². The van der Waals surface area contributed by atoms with Crippen LogP contribution >= 0.6 is 0 Å². The molecule has 3 N–H and O–H groups in total. The van der Waals surface area contributed by atoms with Gasteiger partial charge in [0.25, 0.3) is 10.2 Å². The molecule has 1 aromatic rings. The van der Waals surface area contributed by atoms with Crippen LogP contribution in [0.15, 0.2) is 12.4 Å². The zero-order valence-corrected chi connectivity index (χ0v) is 15.5. The standard InChI is InChI=1S/C16H29N5O3S/c22-16(14-19-25(23,24)21-10-2-1-3-11-21)5-4-9-20(12-6-16)13-15-17-7-8-18-15/h7-8,19,22H,1-6,9-14H2,(H,17,18). The van der Waals surface area contributed by atoms with Crippen LogP contribution in [0.25, 0.3) is 0 Å². The number of rotatable bonds is 6. The van der Waals surface area contributed by atoms with Gasteiger partial charge in [-0.15, -0.1) is 0 Å². The summed E-state index contributed by atoms with van der Waals surface area (Å²) in [6.07, 6.45) is 8.43. The van der Waals surface area contributed by atoms with Gasteiger partial charge >= 0.3 is 0 Å². The van der Waals surface area contributed by atoms with Crippen molar-refractivity contribution in [3.8, 4) is 0 Å². The van der Waals surface area contributed by atoms with E-state index in [4.69, 9.17) is 0 Å². The van der Waals surface area contributed by atoms with Crippen molar-refractivity contribution in [1.82, 2.24) is 23.9 Å². The predicted molar refractivity (Wildman–Crippen MR) is 95.0 cm³/mol. The highest BCUT2D eigenvalue weighted by Gasteiger charge is 2.33. The highest BCUT2D eigenvalue weighted by atomic mass is 32.2. The Morgan fingerprint density at radius 3 is 2.68 bits per heavy atom. The molecule has 0 bridgehead atoms. The van der Waals surface area contributed by atoms with Gasteiger partial charge in [-0.1, -0.05) is 6.42 Å². The van der Waals surface area contributed by atoms with Gasteiger partial charge in [0.2, 0.25) is 0 Å². The Bertz CT molecular complexity index is 630. The Hall–Kier alpha value is -1.00. The fourth-order valence-electron chi connectivity index (χ4n) is 3.59. The maximum Gasteiger partial charge on any atom is 0.279 e. The predicted octanol–water partition coefficient (Wildman–Crippen LogP) is 0.447. The van der Waals surface area contributed by atoms with E-state index in [0.29, 0.717) is 25.9 Å². The first-order valence-electron chi connectivity index (χ1n) is 9.15. The normalized spacial score (nSPS) is 27.2. The summed E-state index contributed by atoms with van der Waals surface area (Å²) in [4.78, 5) is 9.58. The number of aromatic nitrogens is 2. The largest absolute Gasteiger partial charge is 0.388 e. The van der Waals surface area contributed by atoms with Gasteiger partial charge in [-0.3, -0.25) is 4.90 Å². The maximum absolute atomic E-state index is 12.4. The third-order valence-electron chi connectivity index (χ3n) is 5.18. The molecule has 0 spiro atoms. The number of nitrogens with zero attached hydrogens (tertiary/aromatic N) is 3. The van der Waals surface area contributed by atoms with E-state index in [2.05, 4.69) is 19.6 Å². The number of nitrogens with one attached hydrogen (secondary N) is 2. The van der Waals surface area contributed by atoms with Gasteiger partial charge in [0.1, 0.15) is 5.82 Å². The van der Waals surface area contributed by atoms with E-state index in [1.54, 1.807) is 12.4 Å². The number of hydrogen-bond donors (Lipinski definition) is 3. The van der Waals surface area contributed by atoms with Crippen molar-refractivity contribution in [2.75, 3.05) is 32.7 Å². The van der Waals surface area contributed by atoms with E-state index in [-0.39, 0.29) is 6.54 Å². The smallest absolute Gasteiger partial charge is 0.279 e. The minimum atomic E-state index is -3.49. The van der Waals surface area contributed by atoms with Crippen molar-refractivity contribution < 1.29 is 13.5 Å². The molecule has 2 aliphatic heterocycles. The van der Waals surface area contributed by atoms with Crippen LogP contribution in [-0.2, 0) is 16.8 Å². The van der Waals surface area contributed by atoms with Gasteiger partial charge in [-0.05, 0) is 38.6 Å². The van der Waals surface area contributed by atoms with Crippen molar-refractivity contribution in [2.24, 2.45) is 0 Å². The minimum absolute atomic E-state index is 0.0838. The molecule has 1 unspecified atom stereocenters. The lowest BCUT2D eigenvalue weighted by Crippen LogP contribution is -2.49. The lowest BCUT2D eigenvalue weighted by atomic mass is 9.95. The fraction of sp³-hybridized carbons (Fsp3) is 0.812. The van der Waals surface area contributed by atoms with Gasteiger partial charge in [0.05, 0.1) is 12.1 Å². The number of hydrogen-bond acceptors (Lipinski definition) is 5. The molecule has 2 aliphatic rings. The molecule has 1 atom stereocenters. The summed E-state index contributed by atoms with van der Waals surface area (Å²) >= 11 is 0. The van der Waals surface area contributed by atoms with Crippen LogP contribution in [-0.4, -0.2) is 71.0 Å². The number of imidazole rings is 1. The molecule has 0 aromatic carbocycles. The lowest BCUT2D eigenvalue weighted by molar-refractivity contribution is 0.0300. The van der Waals surface area contributed by atoms with E-state index in [9.17, 15) is 13.5 Å². The summed E-state index contributed by atoms with van der Waals surface area (Å²) in [5, 5.41) is 10.9. The summed E-state index contributed by atoms with van der Waals surface area (Å²) in [6, 6.07) is 0. The molecule has 9 heteroatoms. The molecule has 3 heterocycles. The quantitative estimate of drug-likeness (QED) is 0.674. The monoisotopic (exact) mass is 371 g/mol. The third kappa shape index (κ3) is 5.24. The Kier molecular flexibility index (Phi) is 6.11. The summed E-state index contributed by atoms with van der Waals surface area (Å²) in [7, 11) is -3.49. The summed E-state index contributed by atoms with van der Waals surface area (Å²) in [5.74, 6) is 0.913. The van der Waals surface area contributed by atoms with E-state index in [0.717, 1.165) is 51.1 Å². The minimum Gasteiger partial charge on any atom is -0.388 e. The molecule has 0 aliphatic carbocycles. The average Bonchev–Trinajstić information content (AvgIpc) is 3.05. The van der Waals surface area contributed by atoms with E-state index in [1.807, 2.05) is 0 Å². The highest BCUT2D eigenvalue weighted by Crippen LogP contribution is 2.23. The molecule has 3 rings (SSSR count). The van der Waals surface area contributed by atoms with Gasteiger partial charge < -0.3 is 10.1 Å². The topological polar surface area (TPSA) is 102 Å². The highest BCUT2D eigenvalue weighted by molar-refractivity contribution is 7.87. The summed E-state index contributed by atoms with van der Waals surface area (Å²) in [6.45, 7) is 3.56. The molecule has 1 aromatic heterocycles. The first kappa shape index (κ1) is 18.8. The Labute approximate surface area is 149 Å². The van der Waals surface area contributed by atoms with Gasteiger partial charge in [0, 0.05) is 38.6 Å². The molecule has 2 saturated heterocycles. The Balaban J connectivity index is 1.51. The van der Waals surface area contributed by atoms with Crippen LogP contribution in [0.1, 0.15) is 44.3 Å². The molecule has 142 valence electrons. The van der Waals surface area contributed by atoms with Crippen LogP contribution in [0.3, 0.4) is 0 Å². The molecule has 8 nitrogen and oxygen atoms in total. The SMILES string of the molecule is O=S(=O)(NCC1(O)CCCN(Cc2ncc[nH]2)CC1)N1CCCCC1. The van der Waals surface area contributed by atoms with Crippen molar-refractivity contribution >= 4 is 10.2 Å². The molecule has 0 saturated carbocycles. The third-order valence-corrected chi connectivity index (χ3v) is 6.73. The number of likely N-dealkylation sites (tertiary alicyclic amines) is 1. The van der Waals surface area contributed by atoms with Crippen molar-refractivity contribution in [1.29, 1.82) is 0 Å². The molecule has 25 heavy (non-hydrogen) atoms. The first-order valence-corrected chi connectivity index (χ1v) is 10.6. The van der Waals surface area contributed by atoms with Crippen LogP contribution in [0.5, 0.6) is 0 Å². The van der Waals surface area contributed by atoms with Gasteiger partial charge in [0.15, 0.2) is 0 Å². The maximum atomic E-state index is 12.4. The van der Waals surface area contributed by atoms with Crippen molar-refractivity contribution in [3.05, 3.63) is 18.2 Å². The van der Waals surface area contributed by atoms with Gasteiger partial charge in [-0.2, -0.15) is 17.4 Å². The zero-order valence-electron chi connectivity index (χ0n) is 14.7.